The molecule has 1 aliphatic rings. The maximum atomic E-state index is 3.53. The Bertz CT molecular complexity index is 337. The fourth-order valence-electron chi connectivity index (χ4n) is 2.19. The van der Waals surface area contributed by atoms with E-state index in [-0.39, 0.29) is 0 Å². The molecule has 0 spiro atoms. The van der Waals surface area contributed by atoms with Gasteiger partial charge in [0.2, 0.25) is 0 Å². The molecule has 0 radical (unpaired) electrons. The van der Waals surface area contributed by atoms with Crippen LogP contribution in [0.2, 0.25) is 0 Å². The van der Waals surface area contributed by atoms with Crippen molar-refractivity contribution < 1.29 is 0 Å². The first-order chi connectivity index (χ1) is 8.84. The van der Waals surface area contributed by atoms with Crippen LogP contribution in [0.3, 0.4) is 0 Å². The molecular formula is C13H22BrN3S. The Kier molecular flexibility index (Phi) is 6.65. The molecule has 0 amide bonds. The highest BCUT2D eigenvalue weighted by molar-refractivity contribution is 9.11. The fraction of sp³-hybridized carbons (Fsp3) is 0.692. The Labute approximate surface area is 122 Å². The van der Waals surface area contributed by atoms with Gasteiger partial charge in [-0.3, -0.25) is 0 Å². The maximum Gasteiger partial charge on any atom is 0.0701 e. The molecule has 1 saturated heterocycles. The summed E-state index contributed by atoms with van der Waals surface area (Å²) in [5, 5.41) is 6.92. The summed E-state index contributed by atoms with van der Waals surface area (Å²) in [6.45, 7) is 8.19. The zero-order chi connectivity index (χ0) is 12.6. The molecule has 1 aromatic heterocycles. The van der Waals surface area contributed by atoms with Gasteiger partial charge in [-0.25, -0.2) is 0 Å². The van der Waals surface area contributed by atoms with E-state index in [1.807, 2.05) is 11.3 Å². The molecule has 1 aliphatic heterocycles. The van der Waals surface area contributed by atoms with Crippen molar-refractivity contribution in [2.24, 2.45) is 0 Å². The Hall–Kier alpha value is 0.0600. The Balaban J connectivity index is 1.46. The standard InChI is InChI=1S/C13H22BrN3S/c14-13-3-2-12(18-13)4-6-15-5-1-9-17-10-7-16-8-11-17/h2-3,15-16H,1,4-11H2. The molecule has 1 fully saturated rings. The molecule has 0 aliphatic carbocycles. The summed E-state index contributed by atoms with van der Waals surface area (Å²) in [5.41, 5.74) is 0. The lowest BCUT2D eigenvalue weighted by atomic mass is 10.3. The quantitative estimate of drug-likeness (QED) is 0.748. The fourth-order valence-corrected chi connectivity index (χ4v) is 3.67. The van der Waals surface area contributed by atoms with Crippen LogP contribution in [0.1, 0.15) is 11.3 Å². The predicted octanol–water partition coefficient (Wildman–Crippen LogP) is 1.94. The molecule has 0 unspecified atom stereocenters. The topological polar surface area (TPSA) is 27.3 Å². The first kappa shape index (κ1) is 14.5. The van der Waals surface area contributed by atoms with Crippen LogP contribution in [0.5, 0.6) is 0 Å². The summed E-state index contributed by atoms with van der Waals surface area (Å²) in [4.78, 5) is 4.01. The summed E-state index contributed by atoms with van der Waals surface area (Å²) >= 11 is 5.33. The number of piperazine rings is 1. The molecule has 0 bridgehead atoms. The van der Waals surface area contributed by atoms with Crippen molar-refractivity contribution in [3.63, 3.8) is 0 Å². The Morgan fingerprint density at radius 3 is 2.83 bits per heavy atom. The van der Waals surface area contributed by atoms with Crippen molar-refractivity contribution in [2.75, 3.05) is 45.8 Å². The number of hydrogen-bond acceptors (Lipinski definition) is 4. The summed E-state index contributed by atoms with van der Waals surface area (Å²) < 4.78 is 1.23. The van der Waals surface area contributed by atoms with E-state index in [0.717, 1.165) is 32.6 Å². The molecule has 5 heteroatoms. The highest BCUT2D eigenvalue weighted by atomic mass is 79.9. The highest BCUT2D eigenvalue weighted by Crippen LogP contribution is 2.21. The average Bonchev–Trinajstić information content (AvgIpc) is 2.81. The molecule has 0 atom stereocenters. The molecule has 2 rings (SSSR count). The molecule has 0 aromatic carbocycles. The predicted molar refractivity (Wildman–Crippen MR) is 82.5 cm³/mol. The van der Waals surface area contributed by atoms with Crippen LogP contribution in [0.4, 0.5) is 0 Å². The number of rotatable bonds is 7. The zero-order valence-electron chi connectivity index (χ0n) is 10.8. The molecular weight excluding hydrogens is 310 g/mol. The van der Waals surface area contributed by atoms with Crippen LogP contribution in [0.15, 0.2) is 15.9 Å². The second-order valence-corrected chi connectivity index (χ2v) is 7.20. The third-order valence-corrected chi connectivity index (χ3v) is 4.90. The van der Waals surface area contributed by atoms with Crippen LogP contribution in [0.25, 0.3) is 0 Å². The normalized spacial score (nSPS) is 17.2. The Morgan fingerprint density at radius 2 is 2.11 bits per heavy atom. The van der Waals surface area contributed by atoms with Gasteiger partial charge in [0.1, 0.15) is 0 Å². The van der Waals surface area contributed by atoms with Gasteiger partial charge in [0, 0.05) is 31.1 Å². The smallest absolute Gasteiger partial charge is 0.0701 e. The van der Waals surface area contributed by atoms with Crippen molar-refractivity contribution in [3.8, 4) is 0 Å². The molecule has 1 aromatic rings. The minimum Gasteiger partial charge on any atom is -0.316 e. The van der Waals surface area contributed by atoms with Gasteiger partial charge in [0.15, 0.2) is 0 Å². The van der Waals surface area contributed by atoms with Gasteiger partial charge in [-0.05, 0) is 60.5 Å². The van der Waals surface area contributed by atoms with Crippen molar-refractivity contribution in [2.45, 2.75) is 12.8 Å². The molecule has 2 heterocycles. The lowest BCUT2D eigenvalue weighted by molar-refractivity contribution is 0.238. The number of nitrogens with one attached hydrogen (secondary N) is 2. The summed E-state index contributed by atoms with van der Waals surface area (Å²) in [5.74, 6) is 0. The van der Waals surface area contributed by atoms with Crippen molar-refractivity contribution in [1.29, 1.82) is 0 Å². The lowest BCUT2D eigenvalue weighted by Crippen LogP contribution is -2.44. The molecule has 18 heavy (non-hydrogen) atoms. The monoisotopic (exact) mass is 331 g/mol. The number of halogens is 1. The highest BCUT2D eigenvalue weighted by Gasteiger charge is 2.07. The summed E-state index contributed by atoms with van der Waals surface area (Å²) in [6.07, 6.45) is 2.40. The molecule has 2 N–H and O–H groups in total. The van der Waals surface area contributed by atoms with E-state index in [9.17, 15) is 0 Å². The van der Waals surface area contributed by atoms with Gasteiger partial charge in [0.05, 0.1) is 3.79 Å². The van der Waals surface area contributed by atoms with E-state index < -0.39 is 0 Å². The van der Waals surface area contributed by atoms with Gasteiger partial charge >= 0.3 is 0 Å². The molecule has 102 valence electrons. The van der Waals surface area contributed by atoms with Crippen LogP contribution in [-0.2, 0) is 6.42 Å². The van der Waals surface area contributed by atoms with E-state index in [2.05, 4.69) is 43.6 Å². The number of nitrogens with zero attached hydrogens (tertiary/aromatic N) is 1. The third-order valence-electron chi connectivity index (χ3n) is 3.21. The van der Waals surface area contributed by atoms with Crippen molar-refractivity contribution >= 4 is 27.3 Å². The largest absolute Gasteiger partial charge is 0.316 e. The first-order valence-corrected chi connectivity index (χ1v) is 8.33. The van der Waals surface area contributed by atoms with Gasteiger partial charge in [-0.15, -0.1) is 11.3 Å². The first-order valence-electron chi connectivity index (χ1n) is 6.72. The molecule has 3 nitrogen and oxygen atoms in total. The van der Waals surface area contributed by atoms with Crippen LogP contribution < -0.4 is 10.6 Å². The third kappa shape index (κ3) is 5.36. The second-order valence-electron chi connectivity index (χ2n) is 4.65. The molecule has 0 saturated carbocycles. The lowest BCUT2D eigenvalue weighted by Gasteiger charge is -2.27. The van der Waals surface area contributed by atoms with E-state index in [4.69, 9.17) is 0 Å². The SMILES string of the molecule is Brc1ccc(CCNCCCN2CCNCC2)s1. The van der Waals surface area contributed by atoms with Gasteiger partial charge in [0.25, 0.3) is 0 Å². The van der Waals surface area contributed by atoms with E-state index in [1.54, 1.807) is 0 Å². The number of hydrogen-bond donors (Lipinski definition) is 2. The Morgan fingerprint density at radius 1 is 1.28 bits per heavy atom. The summed E-state index contributed by atoms with van der Waals surface area (Å²) in [7, 11) is 0. The van der Waals surface area contributed by atoms with Crippen molar-refractivity contribution in [1.82, 2.24) is 15.5 Å². The zero-order valence-corrected chi connectivity index (χ0v) is 13.2. The van der Waals surface area contributed by atoms with E-state index in [0.29, 0.717) is 0 Å². The van der Waals surface area contributed by atoms with E-state index in [1.165, 1.54) is 34.7 Å². The minimum atomic E-state index is 1.09. The second kappa shape index (κ2) is 8.27. The number of thiophene rings is 1. The maximum absolute atomic E-state index is 3.53. The van der Waals surface area contributed by atoms with Crippen LogP contribution in [0, 0.1) is 0 Å². The minimum absolute atomic E-state index is 1.09. The van der Waals surface area contributed by atoms with Crippen LogP contribution >= 0.6 is 27.3 Å². The van der Waals surface area contributed by atoms with Gasteiger partial charge in [-0.2, -0.15) is 0 Å². The van der Waals surface area contributed by atoms with E-state index >= 15 is 0 Å². The van der Waals surface area contributed by atoms with Crippen LogP contribution in [-0.4, -0.2) is 50.7 Å². The van der Waals surface area contributed by atoms with Gasteiger partial charge in [-0.1, -0.05) is 0 Å². The van der Waals surface area contributed by atoms with Gasteiger partial charge < -0.3 is 15.5 Å². The van der Waals surface area contributed by atoms with Crippen molar-refractivity contribution in [3.05, 3.63) is 20.8 Å². The average molecular weight is 332 g/mol. The summed E-state index contributed by atoms with van der Waals surface area (Å²) in [6, 6.07) is 4.33.